The van der Waals surface area contributed by atoms with E-state index in [1.54, 1.807) is 37.4 Å². The lowest BCUT2D eigenvalue weighted by atomic mass is 10.2. The topological polar surface area (TPSA) is 97.9 Å². The summed E-state index contributed by atoms with van der Waals surface area (Å²) in [5.74, 6) is -0.414. The van der Waals surface area contributed by atoms with Gasteiger partial charge in [-0.15, -0.1) is 0 Å². The van der Waals surface area contributed by atoms with E-state index >= 15 is 0 Å². The van der Waals surface area contributed by atoms with E-state index in [9.17, 15) is 9.59 Å². The molecule has 0 radical (unpaired) electrons. The highest BCUT2D eigenvalue weighted by Gasteiger charge is 2.18. The summed E-state index contributed by atoms with van der Waals surface area (Å²) in [6, 6.07) is 9.62. The second-order valence-corrected chi connectivity index (χ2v) is 8.38. The standard InChI is InChI=1S/C20H20BrCl2N3O5S/c1-11(31-17-6-4-13(22)10-15(17)23)18(27)25-26-20(32)24-19(28)14-9-12(21)3-5-16(14)30-8-7-29-2/h3-6,9-11H,7-8H2,1-2H3,(H,25,27)(H2,24,26,28,32). The van der Waals surface area contributed by atoms with Crippen LogP contribution in [0.2, 0.25) is 10.0 Å². The molecule has 0 heterocycles. The van der Waals surface area contributed by atoms with Crippen molar-refractivity contribution in [3.05, 3.63) is 56.5 Å². The van der Waals surface area contributed by atoms with Gasteiger partial charge in [-0.25, -0.2) is 0 Å². The molecule has 2 aromatic rings. The van der Waals surface area contributed by atoms with E-state index in [-0.39, 0.29) is 22.3 Å². The van der Waals surface area contributed by atoms with Crippen LogP contribution in [0.25, 0.3) is 0 Å². The molecule has 0 aromatic heterocycles. The van der Waals surface area contributed by atoms with Gasteiger partial charge < -0.3 is 14.2 Å². The maximum absolute atomic E-state index is 12.6. The van der Waals surface area contributed by atoms with Crippen molar-refractivity contribution in [1.29, 1.82) is 0 Å². The molecule has 32 heavy (non-hydrogen) atoms. The first-order chi connectivity index (χ1) is 15.2. The largest absolute Gasteiger partial charge is 0.490 e. The number of hydrazine groups is 1. The first kappa shape index (κ1) is 26.1. The van der Waals surface area contributed by atoms with Crippen LogP contribution in [0.15, 0.2) is 40.9 Å². The minimum Gasteiger partial charge on any atom is -0.490 e. The first-order valence-electron chi connectivity index (χ1n) is 9.15. The monoisotopic (exact) mass is 563 g/mol. The Bertz CT molecular complexity index is 996. The smallest absolute Gasteiger partial charge is 0.279 e. The van der Waals surface area contributed by atoms with Crippen molar-refractivity contribution < 1.29 is 23.8 Å². The van der Waals surface area contributed by atoms with Gasteiger partial charge in [0.05, 0.1) is 17.2 Å². The zero-order valence-corrected chi connectivity index (χ0v) is 21.0. The van der Waals surface area contributed by atoms with Crippen LogP contribution in [0.4, 0.5) is 0 Å². The summed E-state index contributed by atoms with van der Waals surface area (Å²) < 4.78 is 16.7. The lowest BCUT2D eigenvalue weighted by Crippen LogP contribution is -2.51. The molecule has 2 aromatic carbocycles. The van der Waals surface area contributed by atoms with Gasteiger partial charge in [0.25, 0.3) is 11.8 Å². The Morgan fingerprint density at radius 2 is 1.81 bits per heavy atom. The molecule has 0 saturated heterocycles. The molecule has 0 saturated carbocycles. The van der Waals surface area contributed by atoms with Crippen molar-refractivity contribution in [1.82, 2.24) is 16.2 Å². The van der Waals surface area contributed by atoms with Crippen LogP contribution in [0, 0.1) is 0 Å². The highest BCUT2D eigenvalue weighted by molar-refractivity contribution is 9.10. The molecule has 0 fully saturated rings. The van der Waals surface area contributed by atoms with Crippen molar-refractivity contribution in [3.63, 3.8) is 0 Å². The van der Waals surface area contributed by atoms with E-state index in [1.165, 1.54) is 13.0 Å². The molecule has 2 amide bonds. The van der Waals surface area contributed by atoms with Gasteiger partial charge in [0.1, 0.15) is 18.1 Å². The number of halogens is 3. The number of ether oxygens (including phenoxy) is 3. The lowest BCUT2D eigenvalue weighted by molar-refractivity contribution is -0.127. The molecule has 0 aliphatic rings. The molecule has 1 unspecified atom stereocenters. The molecule has 8 nitrogen and oxygen atoms in total. The van der Waals surface area contributed by atoms with Crippen molar-refractivity contribution in [3.8, 4) is 11.5 Å². The Balaban J connectivity index is 1.90. The third kappa shape index (κ3) is 8.10. The normalized spacial score (nSPS) is 11.3. The number of hydrogen-bond donors (Lipinski definition) is 3. The average molecular weight is 565 g/mol. The predicted octanol–water partition coefficient (Wildman–Crippen LogP) is 3.88. The maximum atomic E-state index is 12.6. The molecule has 0 aliphatic carbocycles. The van der Waals surface area contributed by atoms with Gasteiger partial charge in [0.15, 0.2) is 11.2 Å². The van der Waals surface area contributed by atoms with E-state index < -0.39 is 17.9 Å². The molecule has 172 valence electrons. The summed E-state index contributed by atoms with van der Waals surface area (Å²) in [6.45, 7) is 2.16. The minimum absolute atomic E-state index is 0.122. The SMILES string of the molecule is COCCOc1ccc(Br)cc1C(=O)NC(=S)NNC(=O)C(C)Oc1ccc(Cl)cc1Cl. The summed E-state index contributed by atoms with van der Waals surface area (Å²) >= 11 is 20.3. The van der Waals surface area contributed by atoms with E-state index in [0.717, 1.165) is 0 Å². The van der Waals surface area contributed by atoms with Crippen molar-refractivity contribution in [2.45, 2.75) is 13.0 Å². The molecule has 0 spiro atoms. The molecule has 3 N–H and O–H groups in total. The summed E-state index contributed by atoms with van der Waals surface area (Å²) in [5.41, 5.74) is 5.07. The number of hydrogen-bond acceptors (Lipinski definition) is 6. The van der Waals surface area contributed by atoms with Gasteiger partial charge in [-0.05, 0) is 55.5 Å². The Morgan fingerprint density at radius 1 is 1.09 bits per heavy atom. The molecule has 0 aliphatic heterocycles. The zero-order valence-electron chi connectivity index (χ0n) is 17.0. The second-order valence-electron chi connectivity index (χ2n) is 6.21. The molecule has 0 bridgehead atoms. The molecule has 12 heteroatoms. The van der Waals surface area contributed by atoms with E-state index in [1.807, 2.05) is 0 Å². The van der Waals surface area contributed by atoms with Crippen LogP contribution in [-0.2, 0) is 9.53 Å². The van der Waals surface area contributed by atoms with E-state index in [4.69, 9.17) is 49.6 Å². The van der Waals surface area contributed by atoms with Crippen LogP contribution >= 0.6 is 51.3 Å². The Kier molecular flexibility index (Phi) is 10.5. The van der Waals surface area contributed by atoms with Gasteiger partial charge in [-0.3, -0.25) is 25.8 Å². The predicted molar refractivity (Wildman–Crippen MR) is 129 cm³/mol. The second kappa shape index (κ2) is 12.8. The number of carbonyl (C=O) groups excluding carboxylic acids is 2. The number of thiocarbonyl (C=S) groups is 1. The van der Waals surface area contributed by atoms with Crippen LogP contribution in [0.5, 0.6) is 11.5 Å². The van der Waals surface area contributed by atoms with Crippen molar-refractivity contribution in [2.24, 2.45) is 0 Å². The van der Waals surface area contributed by atoms with Gasteiger partial charge in [0.2, 0.25) is 0 Å². The fourth-order valence-electron chi connectivity index (χ4n) is 2.28. The summed E-state index contributed by atoms with van der Waals surface area (Å²) in [6.07, 6.45) is -0.912. The minimum atomic E-state index is -0.912. The fourth-order valence-corrected chi connectivity index (χ4v) is 3.23. The number of benzene rings is 2. The van der Waals surface area contributed by atoms with Crippen LogP contribution in [0.1, 0.15) is 17.3 Å². The maximum Gasteiger partial charge on any atom is 0.279 e. The van der Waals surface area contributed by atoms with Gasteiger partial charge in [0, 0.05) is 16.6 Å². The van der Waals surface area contributed by atoms with Gasteiger partial charge >= 0.3 is 0 Å². The highest BCUT2D eigenvalue weighted by Crippen LogP contribution is 2.28. The van der Waals surface area contributed by atoms with Crippen LogP contribution < -0.4 is 25.6 Å². The van der Waals surface area contributed by atoms with Crippen LogP contribution in [-0.4, -0.2) is 43.4 Å². The zero-order chi connectivity index (χ0) is 23.7. The molecular formula is C20H20BrCl2N3O5S. The summed E-state index contributed by atoms with van der Waals surface area (Å²) in [7, 11) is 1.55. The van der Waals surface area contributed by atoms with E-state index in [0.29, 0.717) is 27.6 Å². The first-order valence-corrected chi connectivity index (χ1v) is 11.1. The lowest BCUT2D eigenvalue weighted by Gasteiger charge is -2.17. The molecule has 1 atom stereocenters. The highest BCUT2D eigenvalue weighted by atomic mass is 79.9. The Morgan fingerprint density at radius 3 is 2.50 bits per heavy atom. The van der Waals surface area contributed by atoms with Crippen molar-refractivity contribution >= 4 is 68.3 Å². The summed E-state index contributed by atoms with van der Waals surface area (Å²) in [4.78, 5) is 24.9. The Hall–Kier alpha value is -2.11. The van der Waals surface area contributed by atoms with Crippen molar-refractivity contribution in [2.75, 3.05) is 20.3 Å². The third-order valence-corrected chi connectivity index (χ3v) is 5.05. The average Bonchev–Trinajstić information content (AvgIpc) is 2.75. The summed E-state index contributed by atoms with van der Waals surface area (Å²) in [5, 5.41) is 3.06. The van der Waals surface area contributed by atoms with Crippen LogP contribution in [0.3, 0.4) is 0 Å². The molecular weight excluding hydrogens is 545 g/mol. The van der Waals surface area contributed by atoms with Gasteiger partial charge in [-0.1, -0.05) is 39.1 Å². The third-order valence-electron chi connectivity index (χ3n) is 3.82. The number of amides is 2. The van der Waals surface area contributed by atoms with Gasteiger partial charge in [-0.2, -0.15) is 0 Å². The number of nitrogens with one attached hydrogen (secondary N) is 3. The Labute approximate surface area is 209 Å². The fraction of sp³-hybridized carbons (Fsp3) is 0.250. The number of carbonyl (C=O) groups is 2. The number of rotatable bonds is 8. The number of methoxy groups -OCH3 is 1. The van der Waals surface area contributed by atoms with E-state index in [2.05, 4.69) is 32.1 Å². The quantitative estimate of drug-likeness (QED) is 0.254. The molecule has 2 rings (SSSR count).